The summed E-state index contributed by atoms with van der Waals surface area (Å²) in [5, 5.41) is 13.1. The Labute approximate surface area is 163 Å². The Kier molecular flexibility index (Phi) is 5.02. The van der Waals surface area contributed by atoms with E-state index in [1.54, 1.807) is 19.1 Å². The average molecular weight is 385 g/mol. The third-order valence-corrected chi connectivity index (χ3v) is 5.31. The van der Waals surface area contributed by atoms with Crippen molar-refractivity contribution in [1.29, 1.82) is 0 Å². The van der Waals surface area contributed by atoms with Crippen LogP contribution in [0.1, 0.15) is 43.1 Å². The highest BCUT2D eigenvalue weighted by Gasteiger charge is 2.40. The maximum Gasteiger partial charge on any atom is 0.271 e. The molecule has 4 rings (SSSR count). The lowest BCUT2D eigenvalue weighted by atomic mass is 10.0. The molecule has 0 saturated heterocycles. The van der Waals surface area contributed by atoms with Crippen LogP contribution in [0.2, 0.25) is 0 Å². The SMILES string of the molecule is C[C@](O)(CNC(=O)c1cnc(OCC2CC2)c(-c2ccc(F)cc2)n1)C1CC1. The molecule has 2 aromatic rings. The number of carbonyl (C=O) groups excluding carboxylic acids is 1. The molecular weight excluding hydrogens is 361 g/mol. The third-order valence-electron chi connectivity index (χ3n) is 5.31. The average Bonchev–Trinajstić information content (AvgIpc) is 3.57. The van der Waals surface area contributed by atoms with E-state index in [9.17, 15) is 14.3 Å². The van der Waals surface area contributed by atoms with Crippen LogP contribution in [0.4, 0.5) is 4.39 Å². The lowest BCUT2D eigenvalue weighted by molar-refractivity contribution is 0.0353. The van der Waals surface area contributed by atoms with Crippen LogP contribution >= 0.6 is 0 Å². The summed E-state index contributed by atoms with van der Waals surface area (Å²) in [4.78, 5) is 21.3. The minimum Gasteiger partial charge on any atom is -0.476 e. The molecule has 2 saturated carbocycles. The predicted octanol–water partition coefficient (Wildman–Crippen LogP) is 2.96. The molecule has 1 amide bonds. The molecule has 2 N–H and O–H groups in total. The zero-order valence-corrected chi connectivity index (χ0v) is 15.8. The van der Waals surface area contributed by atoms with Gasteiger partial charge in [0.05, 0.1) is 18.4 Å². The molecule has 0 aliphatic heterocycles. The fourth-order valence-corrected chi connectivity index (χ4v) is 3.07. The van der Waals surface area contributed by atoms with Gasteiger partial charge in [0.2, 0.25) is 5.88 Å². The first kappa shape index (κ1) is 18.8. The highest BCUT2D eigenvalue weighted by molar-refractivity contribution is 5.92. The summed E-state index contributed by atoms with van der Waals surface area (Å²) in [6.07, 6.45) is 5.60. The van der Waals surface area contributed by atoms with Crippen LogP contribution in [0.25, 0.3) is 11.3 Å². The van der Waals surface area contributed by atoms with Crippen molar-refractivity contribution in [2.75, 3.05) is 13.2 Å². The smallest absolute Gasteiger partial charge is 0.271 e. The van der Waals surface area contributed by atoms with E-state index in [4.69, 9.17) is 4.74 Å². The Morgan fingerprint density at radius 1 is 1.29 bits per heavy atom. The first-order chi connectivity index (χ1) is 13.4. The molecular formula is C21H24FN3O3. The van der Waals surface area contributed by atoms with Gasteiger partial charge < -0.3 is 15.2 Å². The summed E-state index contributed by atoms with van der Waals surface area (Å²) in [6, 6.07) is 5.84. The molecule has 2 aliphatic rings. The van der Waals surface area contributed by atoms with E-state index in [1.807, 2.05) is 0 Å². The van der Waals surface area contributed by atoms with E-state index in [2.05, 4.69) is 15.3 Å². The maximum absolute atomic E-state index is 13.3. The Morgan fingerprint density at radius 3 is 2.64 bits per heavy atom. The summed E-state index contributed by atoms with van der Waals surface area (Å²) in [6.45, 7) is 2.44. The van der Waals surface area contributed by atoms with Crippen molar-refractivity contribution >= 4 is 5.91 Å². The van der Waals surface area contributed by atoms with Gasteiger partial charge in [0.15, 0.2) is 0 Å². The lowest BCUT2D eigenvalue weighted by Crippen LogP contribution is -2.42. The molecule has 0 bridgehead atoms. The molecule has 1 aromatic carbocycles. The van der Waals surface area contributed by atoms with Crippen LogP contribution in [-0.2, 0) is 0 Å². The molecule has 1 atom stereocenters. The van der Waals surface area contributed by atoms with Crippen LogP contribution in [-0.4, -0.2) is 39.7 Å². The van der Waals surface area contributed by atoms with Crippen LogP contribution in [0.15, 0.2) is 30.5 Å². The molecule has 1 heterocycles. The van der Waals surface area contributed by atoms with Crippen molar-refractivity contribution < 1.29 is 19.0 Å². The zero-order valence-electron chi connectivity index (χ0n) is 15.8. The van der Waals surface area contributed by atoms with E-state index in [0.29, 0.717) is 29.7 Å². The van der Waals surface area contributed by atoms with Crippen LogP contribution in [0.3, 0.4) is 0 Å². The number of halogens is 1. The Balaban J connectivity index is 1.54. The maximum atomic E-state index is 13.3. The number of amides is 1. The van der Waals surface area contributed by atoms with Gasteiger partial charge in [0.25, 0.3) is 5.91 Å². The van der Waals surface area contributed by atoms with Gasteiger partial charge in [-0.15, -0.1) is 0 Å². The van der Waals surface area contributed by atoms with Crippen LogP contribution in [0.5, 0.6) is 5.88 Å². The van der Waals surface area contributed by atoms with Gasteiger partial charge in [-0.3, -0.25) is 4.79 Å². The van der Waals surface area contributed by atoms with Crippen molar-refractivity contribution in [3.05, 3.63) is 42.0 Å². The Hall–Kier alpha value is -2.54. The molecule has 0 spiro atoms. The molecule has 2 fully saturated rings. The van der Waals surface area contributed by atoms with Gasteiger partial charge in [-0.1, -0.05) is 0 Å². The first-order valence-electron chi connectivity index (χ1n) is 9.69. The van der Waals surface area contributed by atoms with Crippen molar-refractivity contribution in [3.8, 4) is 17.1 Å². The second-order valence-corrected chi connectivity index (χ2v) is 7.98. The molecule has 2 aliphatic carbocycles. The summed E-state index contributed by atoms with van der Waals surface area (Å²) in [5.41, 5.74) is 0.238. The fourth-order valence-electron chi connectivity index (χ4n) is 3.07. The van der Waals surface area contributed by atoms with Crippen molar-refractivity contribution in [2.45, 2.75) is 38.2 Å². The molecule has 1 aromatic heterocycles. The Morgan fingerprint density at radius 2 is 2.00 bits per heavy atom. The predicted molar refractivity (Wildman–Crippen MR) is 101 cm³/mol. The standard InChI is InChI=1S/C21H24FN3O3/c1-21(27,15-6-7-15)12-24-19(26)17-10-23-20(28-11-13-2-3-13)18(25-17)14-4-8-16(22)9-5-14/h4-5,8-10,13,15,27H,2-3,6-7,11-12H2,1H3,(H,24,26)/t21-/m0/s1. The minimum absolute atomic E-state index is 0.129. The number of rotatable bonds is 8. The van der Waals surface area contributed by atoms with Gasteiger partial charge in [-0.05, 0) is 68.7 Å². The molecule has 0 unspecified atom stereocenters. The number of carbonyl (C=O) groups is 1. The molecule has 6 nitrogen and oxygen atoms in total. The fraction of sp³-hybridized carbons (Fsp3) is 0.476. The van der Waals surface area contributed by atoms with E-state index in [-0.39, 0.29) is 24.0 Å². The number of nitrogens with one attached hydrogen (secondary N) is 1. The van der Waals surface area contributed by atoms with Gasteiger partial charge in [0, 0.05) is 12.1 Å². The van der Waals surface area contributed by atoms with Crippen LogP contribution < -0.4 is 10.1 Å². The Bertz CT molecular complexity index is 862. The van der Waals surface area contributed by atoms with Crippen molar-refractivity contribution in [1.82, 2.24) is 15.3 Å². The molecule has 148 valence electrons. The van der Waals surface area contributed by atoms with E-state index < -0.39 is 11.5 Å². The zero-order chi connectivity index (χ0) is 19.7. The minimum atomic E-state index is -0.920. The van der Waals surface area contributed by atoms with Gasteiger partial charge in [0.1, 0.15) is 17.2 Å². The normalized spacial score (nSPS) is 18.4. The van der Waals surface area contributed by atoms with Gasteiger partial charge in [-0.25, -0.2) is 14.4 Å². The molecule has 0 radical (unpaired) electrons. The summed E-state index contributed by atoms with van der Waals surface area (Å²) in [5.74, 6) is 0.335. The highest BCUT2D eigenvalue weighted by Crippen LogP contribution is 2.39. The molecule has 28 heavy (non-hydrogen) atoms. The summed E-state index contributed by atoms with van der Waals surface area (Å²) >= 11 is 0. The quantitative estimate of drug-likeness (QED) is 0.730. The highest BCUT2D eigenvalue weighted by atomic mass is 19.1. The van der Waals surface area contributed by atoms with Crippen molar-refractivity contribution in [2.24, 2.45) is 11.8 Å². The topological polar surface area (TPSA) is 84.3 Å². The second-order valence-electron chi connectivity index (χ2n) is 7.98. The monoisotopic (exact) mass is 385 g/mol. The molecule has 7 heteroatoms. The van der Waals surface area contributed by atoms with E-state index in [0.717, 1.165) is 25.7 Å². The number of aliphatic hydroxyl groups is 1. The van der Waals surface area contributed by atoms with E-state index >= 15 is 0 Å². The van der Waals surface area contributed by atoms with Gasteiger partial charge in [-0.2, -0.15) is 0 Å². The second kappa shape index (κ2) is 7.47. The van der Waals surface area contributed by atoms with Crippen LogP contribution in [0, 0.1) is 17.7 Å². The van der Waals surface area contributed by atoms with E-state index in [1.165, 1.54) is 18.3 Å². The van der Waals surface area contributed by atoms with Gasteiger partial charge >= 0.3 is 0 Å². The number of aromatic nitrogens is 2. The summed E-state index contributed by atoms with van der Waals surface area (Å²) in [7, 11) is 0. The van der Waals surface area contributed by atoms with Crippen molar-refractivity contribution in [3.63, 3.8) is 0 Å². The number of nitrogens with zero attached hydrogens (tertiary/aromatic N) is 2. The number of hydrogen-bond acceptors (Lipinski definition) is 5. The first-order valence-corrected chi connectivity index (χ1v) is 9.69. The largest absolute Gasteiger partial charge is 0.476 e. The number of ether oxygens (including phenoxy) is 1. The number of hydrogen-bond donors (Lipinski definition) is 2. The third kappa shape index (κ3) is 4.47. The lowest BCUT2D eigenvalue weighted by Gasteiger charge is -2.23. The number of benzene rings is 1. The summed E-state index contributed by atoms with van der Waals surface area (Å²) < 4.78 is 19.1.